The van der Waals surface area contributed by atoms with Crippen molar-refractivity contribution in [1.82, 2.24) is 4.90 Å². The van der Waals surface area contributed by atoms with Gasteiger partial charge in [-0.15, -0.1) is 0 Å². The van der Waals surface area contributed by atoms with Crippen LogP contribution in [0.15, 0.2) is 29.2 Å². The monoisotopic (exact) mass is 337 g/mol. The molecule has 1 heterocycles. The van der Waals surface area contributed by atoms with E-state index in [1.807, 2.05) is 31.2 Å². The van der Waals surface area contributed by atoms with Gasteiger partial charge >= 0.3 is 5.97 Å². The van der Waals surface area contributed by atoms with Crippen LogP contribution in [-0.2, 0) is 14.3 Å². The van der Waals surface area contributed by atoms with Crippen LogP contribution in [0.4, 0.5) is 0 Å². The van der Waals surface area contributed by atoms with E-state index in [2.05, 4.69) is 4.74 Å². The Labute approximate surface area is 138 Å². The van der Waals surface area contributed by atoms with E-state index in [1.165, 1.54) is 12.0 Å². The summed E-state index contributed by atoms with van der Waals surface area (Å²) in [6, 6.07) is 7.43. The van der Waals surface area contributed by atoms with Crippen LogP contribution >= 0.6 is 24.0 Å². The molecule has 22 heavy (non-hydrogen) atoms. The maximum absolute atomic E-state index is 12.3. The highest BCUT2D eigenvalue weighted by molar-refractivity contribution is 8.26. The van der Waals surface area contributed by atoms with E-state index in [9.17, 15) is 9.59 Å². The number of esters is 1. The van der Waals surface area contributed by atoms with Gasteiger partial charge in [-0.3, -0.25) is 14.5 Å². The van der Waals surface area contributed by atoms with Crippen molar-refractivity contribution in [2.24, 2.45) is 0 Å². The van der Waals surface area contributed by atoms with E-state index in [-0.39, 0.29) is 12.5 Å². The van der Waals surface area contributed by atoms with E-state index >= 15 is 0 Å². The summed E-state index contributed by atoms with van der Waals surface area (Å²) in [6.45, 7) is 2.26. The first-order valence-corrected chi connectivity index (χ1v) is 7.83. The Bertz CT molecular complexity index is 642. The predicted octanol–water partition coefficient (Wildman–Crippen LogP) is 2.46. The van der Waals surface area contributed by atoms with Gasteiger partial charge in [-0.1, -0.05) is 42.2 Å². The molecular formula is C15H15NO4S2. The number of methoxy groups -OCH3 is 1. The zero-order valence-electron chi connectivity index (χ0n) is 12.2. The molecule has 0 radical (unpaired) electrons. The van der Waals surface area contributed by atoms with E-state index in [0.29, 0.717) is 21.6 Å². The van der Waals surface area contributed by atoms with Crippen LogP contribution in [0.2, 0.25) is 0 Å². The Hall–Kier alpha value is -1.86. The van der Waals surface area contributed by atoms with Crippen LogP contribution in [0.25, 0.3) is 6.08 Å². The SMILES string of the molecule is CCOc1ccccc1C=C1SC(=S)N(CC(=O)OC)C1=O. The predicted molar refractivity (Wildman–Crippen MR) is 89.5 cm³/mol. The molecule has 0 bridgehead atoms. The summed E-state index contributed by atoms with van der Waals surface area (Å²) in [7, 11) is 1.27. The number of ether oxygens (including phenoxy) is 2. The molecule has 0 saturated carbocycles. The van der Waals surface area contributed by atoms with Gasteiger partial charge in [0.15, 0.2) is 0 Å². The number of carbonyl (C=O) groups excluding carboxylic acids is 2. The third-order valence-electron chi connectivity index (χ3n) is 2.89. The highest BCUT2D eigenvalue weighted by Gasteiger charge is 2.33. The van der Waals surface area contributed by atoms with Crippen LogP contribution in [0.5, 0.6) is 5.75 Å². The van der Waals surface area contributed by atoms with Gasteiger partial charge < -0.3 is 9.47 Å². The summed E-state index contributed by atoms with van der Waals surface area (Å²) in [6.07, 6.45) is 1.72. The molecule has 2 rings (SSSR count). The van der Waals surface area contributed by atoms with Crippen molar-refractivity contribution in [2.75, 3.05) is 20.3 Å². The first-order chi connectivity index (χ1) is 10.6. The Morgan fingerprint density at radius 3 is 2.82 bits per heavy atom. The normalized spacial score (nSPS) is 16.3. The zero-order valence-corrected chi connectivity index (χ0v) is 13.8. The number of hydrogen-bond donors (Lipinski definition) is 0. The fourth-order valence-corrected chi connectivity index (χ4v) is 3.10. The second-order valence-electron chi connectivity index (χ2n) is 4.31. The average Bonchev–Trinajstić information content (AvgIpc) is 2.77. The molecule has 1 aromatic rings. The van der Waals surface area contributed by atoms with Gasteiger partial charge in [-0.05, 0) is 19.1 Å². The molecule has 0 atom stereocenters. The fraction of sp³-hybridized carbons (Fsp3) is 0.267. The van der Waals surface area contributed by atoms with Crippen molar-refractivity contribution in [3.8, 4) is 5.75 Å². The van der Waals surface area contributed by atoms with Crippen LogP contribution in [0.3, 0.4) is 0 Å². The van der Waals surface area contributed by atoms with Crippen molar-refractivity contribution >= 4 is 46.3 Å². The number of nitrogens with zero attached hydrogens (tertiary/aromatic N) is 1. The summed E-state index contributed by atoms with van der Waals surface area (Å²) in [5.74, 6) is -0.109. The maximum atomic E-state index is 12.3. The number of amides is 1. The van der Waals surface area contributed by atoms with Crippen LogP contribution in [-0.4, -0.2) is 41.4 Å². The zero-order chi connectivity index (χ0) is 16.1. The smallest absolute Gasteiger partial charge is 0.325 e. The number of para-hydroxylation sites is 1. The number of hydrogen-bond acceptors (Lipinski definition) is 6. The molecule has 1 aromatic carbocycles. The minimum atomic E-state index is -0.507. The van der Waals surface area contributed by atoms with Gasteiger partial charge in [-0.25, -0.2) is 0 Å². The van der Waals surface area contributed by atoms with Crippen molar-refractivity contribution in [3.05, 3.63) is 34.7 Å². The summed E-state index contributed by atoms with van der Waals surface area (Å²) >= 11 is 6.31. The average molecular weight is 337 g/mol. The molecule has 0 N–H and O–H groups in total. The van der Waals surface area contributed by atoms with E-state index in [0.717, 1.165) is 17.3 Å². The lowest BCUT2D eigenvalue weighted by Gasteiger charge is -2.12. The lowest BCUT2D eigenvalue weighted by Crippen LogP contribution is -2.33. The molecular weight excluding hydrogens is 322 g/mol. The highest BCUT2D eigenvalue weighted by Crippen LogP contribution is 2.34. The van der Waals surface area contributed by atoms with Crippen LogP contribution < -0.4 is 4.74 Å². The van der Waals surface area contributed by atoms with Gasteiger partial charge in [0.2, 0.25) is 0 Å². The highest BCUT2D eigenvalue weighted by atomic mass is 32.2. The molecule has 0 aromatic heterocycles. The second-order valence-corrected chi connectivity index (χ2v) is 5.99. The van der Waals surface area contributed by atoms with Gasteiger partial charge in [-0.2, -0.15) is 0 Å². The Kier molecular flexibility index (Phi) is 5.57. The lowest BCUT2D eigenvalue weighted by atomic mass is 10.2. The summed E-state index contributed by atoms with van der Waals surface area (Å²) in [4.78, 5) is 25.4. The summed E-state index contributed by atoms with van der Waals surface area (Å²) < 4.78 is 10.4. The Balaban J connectivity index is 2.25. The molecule has 1 fully saturated rings. The molecule has 0 aliphatic carbocycles. The van der Waals surface area contributed by atoms with E-state index < -0.39 is 5.97 Å². The molecule has 7 heteroatoms. The lowest BCUT2D eigenvalue weighted by molar-refractivity contribution is -0.143. The van der Waals surface area contributed by atoms with E-state index in [1.54, 1.807) is 6.08 Å². The minimum Gasteiger partial charge on any atom is -0.493 e. The van der Waals surface area contributed by atoms with Crippen LogP contribution in [0.1, 0.15) is 12.5 Å². The summed E-state index contributed by atoms with van der Waals surface area (Å²) in [5, 5.41) is 0. The first kappa shape index (κ1) is 16.5. The molecule has 5 nitrogen and oxygen atoms in total. The number of rotatable bonds is 5. The number of thiocarbonyl (C=S) groups is 1. The molecule has 1 aliphatic heterocycles. The molecule has 1 saturated heterocycles. The molecule has 116 valence electrons. The van der Waals surface area contributed by atoms with E-state index in [4.69, 9.17) is 17.0 Å². The molecule has 1 amide bonds. The van der Waals surface area contributed by atoms with Gasteiger partial charge in [0.05, 0.1) is 18.6 Å². The topological polar surface area (TPSA) is 55.8 Å². The Morgan fingerprint density at radius 2 is 2.14 bits per heavy atom. The molecule has 0 unspecified atom stereocenters. The first-order valence-electron chi connectivity index (χ1n) is 6.60. The van der Waals surface area contributed by atoms with Gasteiger partial charge in [0, 0.05) is 5.56 Å². The van der Waals surface area contributed by atoms with Crippen molar-refractivity contribution in [1.29, 1.82) is 0 Å². The number of benzene rings is 1. The van der Waals surface area contributed by atoms with Crippen molar-refractivity contribution in [2.45, 2.75) is 6.92 Å². The Morgan fingerprint density at radius 1 is 1.41 bits per heavy atom. The van der Waals surface area contributed by atoms with Gasteiger partial charge in [0.25, 0.3) is 5.91 Å². The number of carbonyl (C=O) groups is 2. The fourth-order valence-electron chi connectivity index (χ4n) is 1.86. The summed E-state index contributed by atoms with van der Waals surface area (Å²) in [5.41, 5.74) is 0.794. The van der Waals surface area contributed by atoms with Crippen LogP contribution in [0, 0.1) is 0 Å². The van der Waals surface area contributed by atoms with Crippen molar-refractivity contribution < 1.29 is 19.1 Å². The third kappa shape index (κ3) is 3.66. The largest absolute Gasteiger partial charge is 0.493 e. The van der Waals surface area contributed by atoms with Gasteiger partial charge in [0.1, 0.15) is 16.6 Å². The minimum absolute atomic E-state index is 0.175. The number of thioether (sulfide) groups is 1. The maximum Gasteiger partial charge on any atom is 0.325 e. The standard InChI is InChI=1S/C15H15NO4S2/c1-3-20-11-7-5-4-6-10(11)8-12-14(18)16(15(21)22-12)9-13(17)19-2/h4-8H,3,9H2,1-2H3. The van der Waals surface area contributed by atoms with Crippen molar-refractivity contribution in [3.63, 3.8) is 0 Å². The molecule has 1 aliphatic rings. The quantitative estimate of drug-likeness (QED) is 0.467. The third-order valence-corrected chi connectivity index (χ3v) is 4.27. The second kappa shape index (κ2) is 7.42. The molecule has 0 spiro atoms.